The molecular formula is C15H13Cl3N2O3S2. The van der Waals surface area contributed by atoms with Gasteiger partial charge in [-0.15, -0.1) is 11.3 Å². The number of halogens is 3. The topological polar surface area (TPSA) is 66.5 Å². The predicted molar refractivity (Wildman–Crippen MR) is 101 cm³/mol. The average Bonchev–Trinajstić information content (AvgIpc) is 3.20. The van der Waals surface area contributed by atoms with E-state index in [0.717, 1.165) is 11.3 Å². The van der Waals surface area contributed by atoms with Crippen LogP contribution in [-0.2, 0) is 14.8 Å². The maximum absolute atomic E-state index is 12.8. The number of hydrogen-bond donors (Lipinski definition) is 1. The number of hydrogen-bond acceptors (Lipinski definition) is 4. The van der Waals surface area contributed by atoms with Gasteiger partial charge in [0.05, 0.1) is 15.0 Å². The molecule has 1 aromatic carbocycles. The van der Waals surface area contributed by atoms with Crippen molar-refractivity contribution in [2.45, 2.75) is 23.1 Å². The van der Waals surface area contributed by atoms with Crippen molar-refractivity contribution in [3.05, 3.63) is 44.7 Å². The Labute approximate surface area is 164 Å². The molecule has 0 bridgehead atoms. The van der Waals surface area contributed by atoms with E-state index in [1.807, 2.05) is 0 Å². The Kier molecular flexibility index (Phi) is 5.63. The van der Waals surface area contributed by atoms with Crippen LogP contribution in [0.1, 0.15) is 12.8 Å². The summed E-state index contributed by atoms with van der Waals surface area (Å²) in [6.45, 7) is 0.277. The highest BCUT2D eigenvalue weighted by molar-refractivity contribution is 7.91. The minimum absolute atomic E-state index is 0.123. The van der Waals surface area contributed by atoms with Crippen LogP contribution < -0.4 is 5.32 Å². The van der Waals surface area contributed by atoms with Crippen molar-refractivity contribution >= 4 is 67.8 Å². The van der Waals surface area contributed by atoms with Gasteiger partial charge in [0, 0.05) is 11.6 Å². The molecule has 1 aromatic heterocycles. The smallest absolute Gasteiger partial charge is 0.253 e. The van der Waals surface area contributed by atoms with Crippen LogP contribution in [0.2, 0.25) is 14.4 Å². The minimum Gasteiger partial charge on any atom is -0.323 e. The van der Waals surface area contributed by atoms with Crippen LogP contribution >= 0.6 is 46.1 Å². The van der Waals surface area contributed by atoms with E-state index in [1.165, 1.54) is 22.5 Å². The first-order valence-electron chi connectivity index (χ1n) is 7.32. The van der Waals surface area contributed by atoms with Gasteiger partial charge < -0.3 is 5.32 Å². The van der Waals surface area contributed by atoms with Crippen molar-refractivity contribution in [2.75, 3.05) is 11.9 Å². The number of benzene rings is 1. The lowest BCUT2D eigenvalue weighted by Gasteiger charge is -2.23. The van der Waals surface area contributed by atoms with Crippen LogP contribution in [0.3, 0.4) is 0 Å². The SMILES string of the molecule is O=C(Nc1cc(Cl)ccc1Cl)[C@H]1CCCN1S(=O)(=O)c1ccc(Cl)s1. The highest BCUT2D eigenvalue weighted by atomic mass is 35.5. The Hall–Kier alpha value is -0.830. The number of carbonyl (C=O) groups excluding carboxylic acids is 1. The van der Waals surface area contributed by atoms with Crippen molar-refractivity contribution in [2.24, 2.45) is 0 Å². The van der Waals surface area contributed by atoms with Gasteiger partial charge in [-0.3, -0.25) is 4.79 Å². The molecule has 0 aliphatic carbocycles. The third-order valence-electron chi connectivity index (χ3n) is 3.80. The van der Waals surface area contributed by atoms with Crippen LogP contribution in [0.4, 0.5) is 5.69 Å². The van der Waals surface area contributed by atoms with E-state index in [2.05, 4.69) is 5.32 Å². The molecule has 1 amide bonds. The Morgan fingerprint density at radius 1 is 1.20 bits per heavy atom. The lowest BCUT2D eigenvalue weighted by molar-refractivity contribution is -0.119. The molecule has 2 heterocycles. The number of nitrogens with zero attached hydrogens (tertiary/aromatic N) is 1. The highest BCUT2D eigenvalue weighted by Crippen LogP contribution is 2.33. The second kappa shape index (κ2) is 7.42. The zero-order valence-corrected chi connectivity index (χ0v) is 16.6. The molecule has 1 N–H and O–H groups in total. The first-order chi connectivity index (χ1) is 11.8. The van der Waals surface area contributed by atoms with Crippen LogP contribution in [-0.4, -0.2) is 31.2 Å². The van der Waals surface area contributed by atoms with E-state index in [1.54, 1.807) is 12.1 Å². The van der Waals surface area contributed by atoms with Gasteiger partial charge in [-0.1, -0.05) is 34.8 Å². The monoisotopic (exact) mass is 438 g/mol. The number of thiophene rings is 1. The van der Waals surface area contributed by atoms with Crippen molar-refractivity contribution in [3.63, 3.8) is 0 Å². The molecule has 1 atom stereocenters. The second-order valence-electron chi connectivity index (χ2n) is 5.45. The maximum Gasteiger partial charge on any atom is 0.253 e. The minimum atomic E-state index is -3.78. The number of anilines is 1. The quantitative estimate of drug-likeness (QED) is 0.762. The molecule has 0 saturated carbocycles. The van der Waals surface area contributed by atoms with Crippen molar-refractivity contribution in [1.82, 2.24) is 4.31 Å². The summed E-state index contributed by atoms with van der Waals surface area (Å²) in [4.78, 5) is 12.6. The molecule has 2 aromatic rings. The van der Waals surface area contributed by atoms with Gasteiger partial charge in [0.2, 0.25) is 5.91 Å². The lowest BCUT2D eigenvalue weighted by Crippen LogP contribution is -2.42. The predicted octanol–water partition coefficient (Wildman–Crippen LogP) is 4.50. The second-order valence-corrected chi connectivity index (χ2v) is 10.1. The fraction of sp³-hybridized carbons (Fsp3) is 0.267. The van der Waals surface area contributed by atoms with Gasteiger partial charge in [0.1, 0.15) is 10.3 Å². The molecule has 10 heteroatoms. The number of carbonyl (C=O) groups is 1. The number of rotatable bonds is 4. The number of amides is 1. The molecular weight excluding hydrogens is 427 g/mol. The molecule has 0 radical (unpaired) electrons. The van der Waals surface area contributed by atoms with E-state index >= 15 is 0 Å². The van der Waals surface area contributed by atoms with Crippen LogP contribution in [0.25, 0.3) is 0 Å². The van der Waals surface area contributed by atoms with Crippen molar-refractivity contribution in [1.29, 1.82) is 0 Å². The highest BCUT2D eigenvalue weighted by Gasteiger charge is 2.40. The molecule has 1 aliphatic rings. The summed E-state index contributed by atoms with van der Waals surface area (Å²) >= 11 is 18.8. The van der Waals surface area contributed by atoms with E-state index in [-0.39, 0.29) is 10.8 Å². The Balaban J connectivity index is 1.84. The maximum atomic E-state index is 12.8. The van der Waals surface area contributed by atoms with E-state index in [9.17, 15) is 13.2 Å². The van der Waals surface area contributed by atoms with Gasteiger partial charge in [0.15, 0.2) is 0 Å². The standard InChI is InChI=1S/C15H13Cl3N2O3S2/c16-9-3-4-10(17)11(8-9)19-15(21)12-2-1-7-20(12)25(22,23)14-6-5-13(18)24-14/h3-6,8,12H,1-2,7H2,(H,19,21)/t12-/m1/s1. The lowest BCUT2D eigenvalue weighted by atomic mass is 10.2. The molecule has 134 valence electrons. The first kappa shape index (κ1) is 18.9. The normalized spacial score (nSPS) is 18.4. The fourth-order valence-corrected chi connectivity index (χ4v) is 6.26. The molecule has 0 unspecified atom stereocenters. The first-order valence-corrected chi connectivity index (χ1v) is 10.7. The Morgan fingerprint density at radius 2 is 1.96 bits per heavy atom. The van der Waals surface area contributed by atoms with Gasteiger partial charge in [-0.25, -0.2) is 8.42 Å². The largest absolute Gasteiger partial charge is 0.323 e. The van der Waals surface area contributed by atoms with Gasteiger partial charge in [-0.2, -0.15) is 4.31 Å². The van der Waals surface area contributed by atoms with E-state index in [4.69, 9.17) is 34.8 Å². The molecule has 5 nitrogen and oxygen atoms in total. The molecule has 3 rings (SSSR count). The van der Waals surface area contributed by atoms with E-state index < -0.39 is 22.0 Å². The molecule has 0 spiro atoms. The Bertz CT molecular complexity index is 914. The number of sulfonamides is 1. The van der Waals surface area contributed by atoms with Crippen LogP contribution in [0.15, 0.2) is 34.5 Å². The van der Waals surface area contributed by atoms with Crippen LogP contribution in [0, 0.1) is 0 Å². The van der Waals surface area contributed by atoms with E-state index in [0.29, 0.717) is 32.9 Å². The molecule has 1 aliphatic heterocycles. The van der Waals surface area contributed by atoms with Crippen molar-refractivity contribution in [3.8, 4) is 0 Å². The summed E-state index contributed by atoms with van der Waals surface area (Å²) in [6.07, 6.45) is 1.03. The third kappa shape index (κ3) is 3.97. The third-order valence-corrected chi connectivity index (χ3v) is 7.98. The van der Waals surface area contributed by atoms with Crippen molar-refractivity contribution < 1.29 is 13.2 Å². The van der Waals surface area contributed by atoms with Crippen LogP contribution in [0.5, 0.6) is 0 Å². The fourth-order valence-electron chi connectivity index (χ4n) is 2.65. The molecule has 1 fully saturated rings. The summed E-state index contributed by atoms with van der Waals surface area (Å²) in [7, 11) is -3.78. The van der Waals surface area contributed by atoms with Gasteiger partial charge >= 0.3 is 0 Å². The zero-order chi connectivity index (χ0) is 18.2. The van der Waals surface area contributed by atoms with Gasteiger partial charge in [-0.05, 0) is 43.2 Å². The summed E-state index contributed by atoms with van der Waals surface area (Å²) in [5.74, 6) is -0.437. The number of nitrogens with one attached hydrogen (secondary N) is 1. The average molecular weight is 440 g/mol. The Morgan fingerprint density at radius 3 is 2.64 bits per heavy atom. The molecule has 1 saturated heterocycles. The van der Waals surface area contributed by atoms with Gasteiger partial charge in [0.25, 0.3) is 10.0 Å². The summed E-state index contributed by atoms with van der Waals surface area (Å²) < 4.78 is 27.3. The summed E-state index contributed by atoms with van der Waals surface area (Å²) in [6, 6.07) is 6.86. The summed E-state index contributed by atoms with van der Waals surface area (Å²) in [5, 5.41) is 3.42. The summed E-state index contributed by atoms with van der Waals surface area (Å²) in [5.41, 5.74) is 0.350. The molecule has 25 heavy (non-hydrogen) atoms. The zero-order valence-electron chi connectivity index (χ0n) is 12.7.